The molecule has 0 spiro atoms. The van der Waals surface area contributed by atoms with Crippen LogP contribution in [0.15, 0.2) is 41.3 Å². The number of nitro groups is 1. The Labute approximate surface area is 150 Å². The Kier molecular flexibility index (Phi) is 5.78. The molecular formula is C16H17FN2O6S. The molecule has 2 aromatic carbocycles. The molecule has 0 aliphatic heterocycles. The number of ether oxygens (including phenoxy) is 2. The molecule has 140 valence electrons. The van der Waals surface area contributed by atoms with Crippen LogP contribution >= 0.6 is 0 Å². The van der Waals surface area contributed by atoms with Crippen molar-refractivity contribution in [1.82, 2.24) is 4.31 Å². The molecular weight excluding hydrogens is 367 g/mol. The number of methoxy groups -OCH3 is 2. The van der Waals surface area contributed by atoms with Crippen molar-refractivity contribution in [2.45, 2.75) is 11.4 Å². The van der Waals surface area contributed by atoms with Crippen LogP contribution in [0.5, 0.6) is 11.5 Å². The fraction of sp³-hybridized carbons (Fsp3) is 0.250. The van der Waals surface area contributed by atoms with E-state index in [-0.39, 0.29) is 11.4 Å². The lowest BCUT2D eigenvalue weighted by Gasteiger charge is -2.18. The van der Waals surface area contributed by atoms with Crippen molar-refractivity contribution >= 4 is 15.7 Å². The van der Waals surface area contributed by atoms with Gasteiger partial charge in [-0.2, -0.15) is 8.70 Å². The minimum Gasteiger partial charge on any atom is -0.493 e. The van der Waals surface area contributed by atoms with E-state index < -0.39 is 26.5 Å². The number of hydrogen-bond acceptors (Lipinski definition) is 6. The molecule has 26 heavy (non-hydrogen) atoms. The van der Waals surface area contributed by atoms with Gasteiger partial charge in [0.2, 0.25) is 15.8 Å². The van der Waals surface area contributed by atoms with E-state index in [1.165, 1.54) is 21.3 Å². The highest BCUT2D eigenvalue weighted by Crippen LogP contribution is 2.29. The number of benzene rings is 2. The summed E-state index contributed by atoms with van der Waals surface area (Å²) in [4.78, 5) is 9.49. The van der Waals surface area contributed by atoms with Gasteiger partial charge in [0.05, 0.1) is 24.0 Å². The fourth-order valence-electron chi connectivity index (χ4n) is 2.29. The van der Waals surface area contributed by atoms with Crippen molar-refractivity contribution in [3.63, 3.8) is 0 Å². The van der Waals surface area contributed by atoms with Gasteiger partial charge in [-0.05, 0) is 29.8 Å². The van der Waals surface area contributed by atoms with Crippen LogP contribution in [0.3, 0.4) is 0 Å². The number of sulfonamides is 1. The zero-order valence-electron chi connectivity index (χ0n) is 14.3. The molecule has 0 fully saturated rings. The van der Waals surface area contributed by atoms with Gasteiger partial charge >= 0.3 is 5.69 Å². The van der Waals surface area contributed by atoms with Crippen LogP contribution in [-0.2, 0) is 16.6 Å². The molecule has 0 aromatic heterocycles. The maximum absolute atomic E-state index is 13.4. The topological polar surface area (TPSA) is 99.0 Å². The van der Waals surface area contributed by atoms with Crippen LogP contribution in [0.4, 0.5) is 10.1 Å². The van der Waals surface area contributed by atoms with Crippen LogP contribution in [0.2, 0.25) is 0 Å². The Morgan fingerprint density at radius 3 is 2.35 bits per heavy atom. The molecule has 0 aliphatic rings. The molecule has 0 unspecified atom stereocenters. The third-order valence-corrected chi connectivity index (χ3v) is 5.48. The van der Waals surface area contributed by atoms with Crippen LogP contribution < -0.4 is 9.47 Å². The highest BCUT2D eigenvalue weighted by atomic mass is 32.2. The maximum Gasteiger partial charge on any atom is 0.306 e. The molecule has 0 radical (unpaired) electrons. The third-order valence-electron chi connectivity index (χ3n) is 3.68. The Bertz CT molecular complexity index is 932. The standard InChI is InChI=1S/C16H17FN2O6S/c1-18(10-11-4-7-15(24-2)16(8-11)25-3)26(22,23)12-5-6-13(17)14(9-12)19(20)21/h4-9H,10H2,1-3H3. The van der Waals surface area contributed by atoms with Crippen LogP contribution in [0, 0.1) is 15.9 Å². The molecule has 0 saturated carbocycles. The SMILES string of the molecule is COc1ccc(CN(C)S(=O)(=O)c2ccc(F)c([N+](=O)[O-])c2)cc1OC. The van der Waals surface area contributed by atoms with E-state index in [1.807, 2.05) is 0 Å². The fourth-order valence-corrected chi connectivity index (χ4v) is 3.47. The Morgan fingerprint density at radius 1 is 1.12 bits per heavy atom. The van der Waals surface area contributed by atoms with Crippen molar-refractivity contribution in [3.05, 3.63) is 57.9 Å². The van der Waals surface area contributed by atoms with Crippen LogP contribution in [-0.4, -0.2) is 38.9 Å². The summed E-state index contributed by atoms with van der Waals surface area (Å²) in [6.45, 7) is -0.0200. The van der Waals surface area contributed by atoms with E-state index in [9.17, 15) is 22.9 Å². The van der Waals surface area contributed by atoms with E-state index in [1.54, 1.807) is 18.2 Å². The average molecular weight is 384 g/mol. The van der Waals surface area contributed by atoms with Crippen LogP contribution in [0.25, 0.3) is 0 Å². The van der Waals surface area contributed by atoms with Crippen molar-refractivity contribution in [2.24, 2.45) is 0 Å². The normalized spacial score (nSPS) is 11.4. The molecule has 0 bridgehead atoms. The molecule has 0 heterocycles. The molecule has 2 rings (SSSR count). The highest BCUT2D eigenvalue weighted by Gasteiger charge is 2.25. The summed E-state index contributed by atoms with van der Waals surface area (Å²) in [5, 5.41) is 10.8. The Hall–Kier alpha value is -2.72. The summed E-state index contributed by atoms with van der Waals surface area (Å²) < 4.78 is 50.0. The van der Waals surface area contributed by atoms with Gasteiger partial charge in [0.15, 0.2) is 11.5 Å². The lowest BCUT2D eigenvalue weighted by atomic mass is 10.2. The average Bonchev–Trinajstić information content (AvgIpc) is 2.61. The summed E-state index contributed by atoms with van der Waals surface area (Å²) in [6, 6.07) is 7.38. The summed E-state index contributed by atoms with van der Waals surface area (Å²) in [5.74, 6) is -0.166. The largest absolute Gasteiger partial charge is 0.493 e. The van der Waals surface area contributed by atoms with Gasteiger partial charge in [0, 0.05) is 19.7 Å². The van der Waals surface area contributed by atoms with Gasteiger partial charge in [-0.25, -0.2) is 8.42 Å². The zero-order chi connectivity index (χ0) is 19.5. The number of nitrogens with zero attached hydrogens (tertiary/aromatic N) is 2. The first-order valence-corrected chi connectivity index (χ1v) is 8.76. The Balaban J connectivity index is 2.32. The summed E-state index contributed by atoms with van der Waals surface area (Å²) in [6.07, 6.45) is 0. The second-order valence-electron chi connectivity index (χ2n) is 5.32. The lowest BCUT2D eigenvalue weighted by Crippen LogP contribution is -2.26. The van der Waals surface area contributed by atoms with Crippen molar-refractivity contribution in [3.8, 4) is 11.5 Å². The van der Waals surface area contributed by atoms with Gasteiger partial charge < -0.3 is 9.47 Å². The number of rotatable bonds is 7. The molecule has 0 N–H and O–H groups in total. The monoisotopic (exact) mass is 384 g/mol. The third kappa shape index (κ3) is 3.92. The van der Waals surface area contributed by atoms with Gasteiger partial charge in [-0.3, -0.25) is 10.1 Å². The Morgan fingerprint density at radius 2 is 1.77 bits per heavy atom. The summed E-state index contributed by atoms with van der Waals surface area (Å²) >= 11 is 0. The maximum atomic E-state index is 13.4. The molecule has 10 heteroatoms. The first kappa shape index (κ1) is 19.6. The molecule has 2 aromatic rings. The predicted molar refractivity (Wildman–Crippen MR) is 91.3 cm³/mol. The quantitative estimate of drug-likeness (QED) is 0.537. The van der Waals surface area contributed by atoms with E-state index in [0.717, 1.165) is 16.4 Å². The predicted octanol–water partition coefficient (Wildman–Crippen LogP) is 2.57. The first-order chi connectivity index (χ1) is 12.2. The van der Waals surface area contributed by atoms with E-state index in [2.05, 4.69) is 0 Å². The smallest absolute Gasteiger partial charge is 0.306 e. The molecule has 0 aliphatic carbocycles. The van der Waals surface area contributed by atoms with Gasteiger partial charge in [0.25, 0.3) is 0 Å². The van der Waals surface area contributed by atoms with Crippen molar-refractivity contribution in [2.75, 3.05) is 21.3 Å². The van der Waals surface area contributed by atoms with Gasteiger partial charge in [0.1, 0.15) is 0 Å². The lowest BCUT2D eigenvalue weighted by molar-refractivity contribution is -0.387. The first-order valence-electron chi connectivity index (χ1n) is 7.32. The number of hydrogen-bond donors (Lipinski definition) is 0. The molecule has 0 amide bonds. The second kappa shape index (κ2) is 7.67. The number of nitro benzene ring substituents is 1. The molecule has 0 atom stereocenters. The summed E-state index contributed by atoms with van der Waals surface area (Å²) in [5.41, 5.74) is -0.282. The molecule has 0 saturated heterocycles. The van der Waals surface area contributed by atoms with E-state index in [4.69, 9.17) is 9.47 Å². The second-order valence-corrected chi connectivity index (χ2v) is 7.37. The summed E-state index contributed by atoms with van der Waals surface area (Å²) in [7, 11) is 0.205. The minimum absolute atomic E-state index is 0.0200. The zero-order valence-corrected chi connectivity index (χ0v) is 15.1. The van der Waals surface area contributed by atoms with Crippen molar-refractivity contribution < 1.29 is 27.2 Å². The molecule has 8 nitrogen and oxygen atoms in total. The van der Waals surface area contributed by atoms with Crippen molar-refractivity contribution in [1.29, 1.82) is 0 Å². The minimum atomic E-state index is -4.06. The van der Waals surface area contributed by atoms with E-state index >= 15 is 0 Å². The highest BCUT2D eigenvalue weighted by molar-refractivity contribution is 7.89. The van der Waals surface area contributed by atoms with Crippen LogP contribution in [0.1, 0.15) is 5.56 Å². The van der Waals surface area contributed by atoms with E-state index in [0.29, 0.717) is 23.1 Å². The van der Waals surface area contributed by atoms with Gasteiger partial charge in [-0.15, -0.1) is 0 Å². The van der Waals surface area contributed by atoms with Gasteiger partial charge in [-0.1, -0.05) is 6.07 Å². The number of halogens is 1.